The second kappa shape index (κ2) is 7.56. The quantitative estimate of drug-likeness (QED) is 0.273. The zero-order chi connectivity index (χ0) is 23.6. The highest BCUT2D eigenvalue weighted by Gasteiger charge is 2.36. The van der Waals surface area contributed by atoms with Gasteiger partial charge in [0.05, 0.1) is 0 Å². The summed E-state index contributed by atoms with van der Waals surface area (Å²) < 4.78 is 2.68. The minimum Gasteiger partial charge on any atom is -0.355 e. The molecule has 7 rings (SSSR count). The van der Waals surface area contributed by atoms with E-state index in [4.69, 9.17) is 0 Å². The maximum atomic E-state index is 3.76. The monoisotopic (exact) mass is 467 g/mol. The number of nitrogens with one attached hydrogen (secondary N) is 1. The van der Waals surface area contributed by atoms with Crippen molar-refractivity contribution in [3.05, 3.63) is 120 Å². The molecule has 1 N–H and O–H groups in total. The van der Waals surface area contributed by atoms with E-state index in [0.29, 0.717) is 0 Å². The number of anilines is 2. The molecule has 6 aromatic rings. The molecule has 1 aliphatic carbocycles. The van der Waals surface area contributed by atoms with Gasteiger partial charge in [-0.2, -0.15) is 0 Å². The van der Waals surface area contributed by atoms with Crippen molar-refractivity contribution in [2.75, 3.05) is 5.32 Å². The van der Waals surface area contributed by atoms with Gasteiger partial charge in [0.2, 0.25) is 0 Å². The van der Waals surface area contributed by atoms with Gasteiger partial charge in [-0.05, 0) is 64.2 Å². The molecule has 0 saturated heterocycles. The molecule has 168 valence electrons. The van der Waals surface area contributed by atoms with E-state index in [-0.39, 0.29) is 5.41 Å². The third-order valence-electron chi connectivity index (χ3n) is 7.46. The van der Waals surface area contributed by atoms with E-state index in [1.165, 1.54) is 53.6 Å². The van der Waals surface area contributed by atoms with Crippen LogP contribution < -0.4 is 5.32 Å². The van der Waals surface area contributed by atoms with Gasteiger partial charge in [0.25, 0.3) is 0 Å². The molecule has 0 amide bonds. The van der Waals surface area contributed by atoms with Gasteiger partial charge in [-0.3, -0.25) is 0 Å². The fourth-order valence-electron chi connectivity index (χ4n) is 5.70. The molecule has 1 heterocycles. The largest absolute Gasteiger partial charge is 0.355 e. The highest BCUT2D eigenvalue weighted by molar-refractivity contribution is 7.25. The smallest absolute Gasteiger partial charge is 0.0467 e. The lowest BCUT2D eigenvalue weighted by Gasteiger charge is -2.21. The first-order valence-electron chi connectivity index (χ1n) is 12.1. The second-order valence-electron chi connectivity index (χ2n) is 9.91. The van der Waals surface area contributed by atoms with Gasteiger partial charge in [-0.15, -0.1) is 11.3 Å². The van der Waals surface area contributed by atoms with Gasteiger partial charge in [-0.1, -0.05) is 86.6 Å². The van der Waals surface area contributed by atoms with Crippen LogP contribution in [0.1, 0.15) is 25.0 Å². The maximum absolute atomic E-state index is 3.76. The normalized spacial score (nSPS) is 13.7. The molecular weight excluding hydrogens is 442 g/mol. The Labute approximate surface area is 209 Å². The molecule has 0 spiro atoms. The SMILES string of the molecule is CC1(C)c2ccccc2-c2c(Nc3cccc(-c4ccc5sc6ccccc6c5c4)c3)cccc21. The van der Waals surface area contributed by atoms with Gasteiger partial charge in [0.15, 0.2) is 0 Å². The maximum Gasteiger partial charge on any atom is 0.0467 e. The first-order valence-corrected chi connectivity index (χ1v) is 12.9. The number of hydrogen-bond acceptors (Lipinski definition) is 2. The molecule has 0 bridgehead atoms. The van der Waals surface area contributed by atoms with E-state index in [2.05, 4.69) is 128 Å². The molecule has 1 aliphatic rings. The molecule has 0 aliphatic heterocycles. The molecule has 1 aromatic heterocycles. The lowest BCUT2D eigenvalue weighted by atomic mass is 9.82. The summed E-state index contributed by atoms with van der Waals surface area (Å²) in [4.78, 5) is 0. The van der Waals surface area contributed by atoms with E-state index >= 15 is 0 Å². The fraction of sp³-hybridized carbons (Fsp3) is 0.0909. The van der Waals surface area contributed by atoms with Crippen LogP contribution in [0.3, 0.4) is 0 Å². The minimum atomic E-state index is 0.00415. The van der Waals surface area contributed by atoms with Crippen molar-refractivity contribution in [1.29, 1.82) is 0 Å². The van der Waals surface area contributed by atoms with E-state index < -0.39 is 0 Å². The average molecular weight is 468 g/mol. The topological polar surface area (TPSA) is 12.0 Å². The Balaban J connectivity index is 1.30. The molecule has 5 aromatic carbocycles. The number of fused-ring (bicyclic) bond motifs is 6. The number of hydrogen-bond donors (Lipinski definition) is 1. The van der Waals surface area contributed by atoms with Gasteiger partial charge < -0.3 is 5.32 Å². The van der Waals surface area contributed by atoms with Crippen molar-refractivity contribution in [2.24, 2.45) is 0 Å². The van der Waals surface area contributed by atoms with Crippen LogP contribution in [-0.4, -0.2) is 0 Å². The van der Waals surface area contributed by atoms with E-state index in [1.807, 2.05) is 11.3 Å². The number of rotatable bonds is 3. The molecule has 2 heteroatoms. The summed E-state index contributed by atoms with van der Waals surface area (Å²) in [5, 5.41) is 6.43. The van der Waals surface area contributed by atoms with Crippen LogP contribution in [0.25, 0.3) is 42.4 Å². The first-order chi connectivity index (χ1) is 17.1. The fourth-order valence-corrected chi connectivity index (χ4v) is 6.78. The Hall–Kier alpha value is -3.88. The average Bonchev–Trinajstić information content (AvgIpc) is 3.37. The van der Waals surface area contributed by atoms with E-state index in [0.717, 1.165) is 11.4 Å². The molecule has 0 atom stereocenters. The van der Waals surface area contributed by atoms with Crippen LogP contribution in [0.15, 0.2) is 109 Å². The molecule has 0 radical (unpaired) electrons. The van der Waals surface area contributed by atoms with Crippen molar-refractivity contribution in [1.82, 2.24) is 0 Å². The Morgan fingerprint density at radius 3 is 2.29 bits per heavy atom. The van der Waals surface area contributed by atoms with Crippen LogP contribution in [0.5, 0.6) is 0 Å². The van der Waals surface area contributed by atoms with Crippen LogP contribution in [-0.2, 0) is 5.41 Å². The third-order valence-corrected chi connectivity index (χ3v) is 8.61. The predicted molar refractivity (Wildman–Crippen MR) is 152 cm³/mol. The van der Waals surface area contributed by atoms with Crippen molar-refractivity contribution >= 4 is 42.9 Å². The standard InChI is InChI=1S/C33H25NS/c1-33(2)27-13-5-3-12-25(27)32-28(33)14-8-15-29(32)34-23-10-7-9-21(19-23)22-17-18-31-26(20-22)24-11-4-6-16-30(24)35-31/h3-20,34H,1-2H3. The summed E-state index contributed by atoms with van der Waals surface area (Å²) in [5.41, 5.74) is 10.2. The van der Waals surface area contributed by atoms with Crippen molar-refractivity contribution in [3.8, 4) is 22.3 Å². The highest BCUT2D eigenvalue weighted by Crippen LogP contribution is 2.51. The molecule has 0 unspecified atom stereocenters. The van der Waals surface area contributed by atoms with Crippen molar-refractivity contribution < 1.29 is 0 Å². The summed E-state index contributed by atoms with van der Waals surface area (Å²) in [6, 6.07) is 39.8. The van der Waals surface area contributed by atoms with Crippen LogP contribution in [0.4, 0.5) is 11.4 Å². The zero-order valence-corrected chi connectivity index (χ0v) is 20.6. The Morgan fingerprint density at radius 2 is 1.34 bits per heavy atom. The Morgan fingerprint density at radius 1 is 0.600 bits per heavy atom. The Kier molecular flexibility index (Phi) is 4.43. The zero-order valence-electron chi connectivity index (χ0n) is 19.8. The van der Waals surface area contributed by atoms with Crippen molar-refractivity contribution in [3.63, 3.8) is 0 Å². The number of benzene rings is 5. The summed E-state index contributed by atoms with van der Waals surface area (Å²) >= 11 is 1.86. The summed E-state index contributed by atoms with van der Waals surface area (Å²) in [6.45, 7) is 4.65. The van der Waals surface area contributed by atoms with Crippen LogP contribution in [0.2, 0.25) is 0 Å². The predicted octanol–water partition coefficient (Wildman–Crippen LogP) is 9.77. The second-order valence-corrected chi connectivity index (χ2v) is 11.0. The summed E-state index contributed by atoms with van der Waals surface area (Å²) in [7, 11) is 0. The van der Waals surface area contributed by atoms with E-state index in [1.54, 1.807) is 0 Å². The summed E-state index contributed by atoms with van der Waals surface area (Å²) in [5.74, 6) is 0. The summed E-state index contributed by atoms with van der Waals surface area (Å²) in [6.07, 6.45) is 0. The Bertz CT molecular complexity index is 1750. The lowest BCUT2D eigenvalue weighted by Crippen LogP contribution is -2.14. The molecule has 1 nitrogen and oxygen atoms in total. The van der Waals surface area contributed by atoms with Gasteiger partial charge in [0, 0.05) is 42.5 Å². The molecular formula is C33H25NS. The third kappa shape index (κ3) is 3.14. The van der Waals surface area contributed by atoms with Gasteiger partial charge in [0.1, 0.15) is 0 Å². The van der Waals surface area contributed by atoms with Crippen molar-refractivity contribution in [2.45, 2.75) is 19.3 Å². The van der Waals surface area contributed by atoms with Crippen LogP contribution >= 0.6 is 11.3 Å². The van der Waals surface area contributed by atoms with Gasteiger partial charge in [-0.25, -0.2) is 0 Å². The minimum absolute atomic E-state index is 0.00415. The van der Waals surface area contributed by atoms with E-state index in [9.17, 15) is 0 Å². The first kappa shape index (κ1) is 20.5. The van der Waals surface area contributed by atoms with Gasteiger partial charge >= 0.3 is 0 Å². The highest BCUT2D eigenvalue weighted by atomic mass is 32.1. The lowest BCUT2D eigenvalue weighted by molar-refractivity contribution is 0.660. The molecule has 0 fully saturated rings. The van der Waals surface area contributed by atoms with Crippen LogP contribution in [0, 0.1) is 0 Å². The number of thiophene rings is 1. The molecule has 0 saturated carbocycles. The molecule has 35 heavy (non-hydrogen) atoms.